The minimum atomic E-state index is -0.862. The molecule has 0 aliphatic rings. The van der Waals surface area contributed by atoms with Crippen LogP contribution in [0.2, 0.25) is 0 Å². The van der Waals surface area contributed by atoms with Gasteiger partial charge < -0.3 is 5.11 Å². The first kappa shape index (κ1) is 11.6. The topological polar surface area (TPSA) is 37.3 Å². The van der Waals surface area contributed by atoms with Crippen LogP contribution in [-0.2, 0) is 4.79 Å². The van der Waals surface area contributed by atoms with Crippen molar-refractivity contribution in [1.29, 1.82) is 0 Å². The molecule has 0 atom stereocenters. The van der Waals surface area contributed by atoms with Crippen LogP contribution in [0.15, 0.2) is 12.2 Å². The molecule has 0 amide bonds. The Balaban J connectivity index is 3.16. The molecule has 0 heterocycles. The molecule has 0 aromatic carbocycles. The molecule has 3 heteroatoms. The number of carbonyl (C=O) groups is 1. The molecule has 0 rings (SSSR count). The summed E-state index contributed by atoms with van der Waals surface area (Å²) in [5.41, 5.74) is 0. The van der Waals surface area contributed by atoms with E-state index in [-0.39, 0.29) is 0 Å². The van der Waals surface area contributed by atoms with E-state index >= 15 is 0 Å². The first-order valence-electron chi connectivity index (χ1n) is 4.10. The van der Waals surface area contributed by atoms with E-state index in [2.05, 4.69) is 13.8 Å². The lowest BCUT2D eigenvalue weighted by molar-refractivity contribution is -0.131. The second kappa shape index (κ2) is 7.22. The van der Waals surface area contributed by atoms with Crippen molar-refractivity contribution in [3.63, 3.8) is 0 Å². The predicted octanol–water partition coefficient (Wildman–Crippen LogP) is 2.41. The molecule has 0 bridgehead atoms. The Morgan fingerprint density at radius 1 is 1.58 bits per heavy atom. The molecule has 1 N–H and O–H groups in total. The summed E-state index contributed by atoms with van der Waals surface area (Å²) in [4.78, 5) is 10.0. The zero-order valence-corrected chi connectivity index (χ0v) is 8.43. The monoisotopic (exact) mass is 188 g/mol. The van der Waals surface area contributed by atoms with E-state index in [4.69, 9.17) is 5.11 Å². The Morgan fingerprint density at radius 3 is 2.75 bits per heavy atom. The Kier molecular flexibility index (Phi) is 6.96. The highest BCUT2D eigenvalue weighted by molar-refractivity contribution is 7.99. The van der Waals surface area contributed by atoms with Gasteiger partial charge in [-0.05, 0) is 18.1 Å². The van der Waals surface area contributed by atoms with Crippen molar-refractivity contribution < 1.29 is 9.90 Å². The average molecular weight is 188 g/mol. The number of carboxylic acid groups (broad SMARTS) is 1. The highest BCUT2D eigenvalue weighted by atomic mass is 32.2. The molecule has 12 heavy (non-hydrogen) atoms. The minimum absolute atomic E-state index is 0.737. The summed E-state index contributed by atoms with van der Waals surface area (Å²) in [6.45, 7) is 4.38. The third kappa shape index (κ3) is 9.56. The van der Waals surface area contributed by atoms with Crippen LogP contribution in [0.4, 0.5) is 0 Å². The Morgan fingerprint density at radius 2 is 2.25 bits per heavy atom. The summed E-state index contributed by atoms with van der Waals surface area (Å²) in [5, 5.41) is 8.26. The molecule has 70 valence electrons. The predicted molar refractivity (Wildman–Crippen MR) is 53.6 cm³/mol. The molecule has 0 aromatic rings. The number of thioether (sulfide) groups is 1. The van der Waals surface area contributed by atoms with Gasteiger partial charge in [0, 0.05) is 11.8 Å². The van der Waals surface area contributed by atoms with Gasteiger partial charge in [0.15, 0.2) is 0 Å². The molecule has 0 saturated heterocycles. The maximum absolute atomic E-state index is 10.0. The number of hydrogen-bond donors (Lipinski definition) is 1. The van der Waals surface area contributed by atoms with Gasteiger partial charge in [-0.3, -0.25) is 0 Å². The molecule has 2 nitrogen and oxygen atoms in total. The van der Waals surface area contributed by atoms with Crippen LogP contribution in [-0.4, -0.2) is 22.6 Å². The van der Waals surface area contributed by atoms with E-state index in [9.17, 15) is 4.79 Å². The van der Waals surface area contributed by atoms with Gasteiger partial charge in [-0.25, -0.2) is 4.79 Å². The van der Waals surface area contributed by atoms with E-state index in [0.29, 0.717) is 0 Å². The van der Waals surface area contributed by atoms with E-state index in [1.54, 1.807) is 17.8 Å². The molecular weight excluding hydrogens is 172 g/mol. The fourth-order valence-electron chi connectivity index (χ4n) is 0.619. The number of aliphatic carboxylic acids is 1. The second-order valence-electron chi connectivity index (χ2n) is 3.00. The van der Waals surface area contributed by atoms with Crippen LogP contribution in [0.25, 0.3) is 0 Å². The normalized spacial score (nSPS) is 11.2. The molecular formula is C9H16O2S. The van der Waals surface area contributed by atoms with Crippen LogP contribution in [0.3, 0.4) is 0 Å². The van der Waals surface area contributed by atoms with Gasteiger partial charge in [0.1, 0.15) is 0 Å². The lowest BCUT2D eigenvalue weighted by atomic mass is 10.2. The summed E-state index contributed by atoms with van der Waals surface area (Å²) in [6, 6.07) is 0. The zero-order valence-electron chi connectivity index (χ0n) is 7.62. The molecule has 0 fully saturated rings. The Bertz CT molecular complexity index is 153. The first-order valence-corrected chi connectivity index (χ1v) is 5.25. The van der Waals surface area contributed by atoms with Crippen LogP contribution in [0.1, 0.15) is 20.3 Å². The van der Waals surface area contributed by atoms with Crippen LogP contribution in [0.5, 0.6) is 0 Å². The van der Waals surface area contributed by atoms with Crippen molar-refractivity contribution in [2.75, 3.05) is 11.5 Å². The molecule has 0 aliphatic carbocycles. The summed E-state index contributed by atoms with van der Waals surface area (Å²) < 4.78 is 0. The zero-order chi connectivity index (χ0) is 9.40. The van der Waals surface area contributed by atoms with E-state index in [0.717, 1.165) is 17.4 Å². The quantitative estimate of drug-likeness (QED) is 0.513. The SMILES string of the molecule is CC(C)CCSC/C=C/C(=O)O. The number of rotatable bonds is 6. The van der Waals surface area contributed by atoms with Gasteiger partial charge in [0.05, 0.1) is 0 Å². The van der Waals surface area contributed by atoms with Crippen LogP contribution >= 0.6 is 11.8 Å². The van der Waals surface area contributed by atoms with Gasteiger partial charge in [0.25, 0.3) is 0 Å². The molecule has 0 unspecified atom stereocenters. The van der Waals surface area contributed by atoms with Gasteiger partial charge in [-0.2, -0.15) is 11.8 Å². The number of carboxylic acids is 1. The molecule has 0 spiro atoms. The minimum Gasteiger partial charge on any atom is -0.478 e. The number of hydrogen-bond acceptors (Lipinski definition) is 2. The van der Waals surface area contributed by atoms with Crippen molar-refractivity contribution in [3.05, 3.63) is 12.2 Å². The highest BCUT2D eigenvalue weighted by Crippen LogP contribution is 2.08. The fraction of sp³-hybridized carbons (Fsp3) is 0.667. The molecule has 0 saturated carbocycles. The summed E-state index contributed by atoms with van der Waals surface area (Å²) in [5.74, 6) is 1.79. The molecule has 0 aromatic heterocycles. The van der Waals surface area contributed by atoms with Crippen molar-refractivity contribution in [2.24, 2.45) is 5.92 Å². The van der Waals surface area contributed by atoms with E-state index in [1.807, 2.05) is 0 Å². The van der Waals surface area contributed by atoms with Gasteiger partial charge in [0.2, 0.25) is 0 Å². The highest BCUT2D eigenvalue weighted by Gasteiger charge is 1.92. The standard InChI is InChI=1S/C9H16O2S/c1-8(2)5-7-12-6-3-4-9(10)11/h3-4,8H,5-7H2,1-2H3,(H,10,11)/b4-3+. The molecule has 0 radical (unpaired) electrons. The van der Waals surface area contributed by atoms with Crippen molar-refractivity contribution in [3.8, 4) is 0 Å². The fourth-order valence-corrected chi connectivity index (χ4v) is 1.66. The summed E-state index contributed by atoms with van der Waals surface area (Å²) in [7, 11) is 0. The Hall–Kier alpha value is -0.440. The lowest BCUT2D eigenvalue weighted by Gasteiger charge is -2.01. The van der Waals surface area contributed by atoms with Crippen LogP contribution < -0.4 is 0 Å². The first-order chi connectivity index (χ1) is 5.63. The smallest absolute Gasteiger partial charge is 0.328 e. The maximum atomic E-state index is 10.0. The Labute approximate surface area is 78.0 Å². The summed E-state index contributed by atoms with van der Waals surface area (Å²) in [6.07, 6.45) is 4.08. The largest absolute Gasteiger partial charge is 0.478 e. The summed E-state index contributed by atoms with van der Waals surface area (Å²) >= 11 is 1.77. The molecule has 0 aliphatic heterocycles. The van der Waals surface area contributed by atoms with Crippen molar-refractivity contribution >= 4 is 17.7 Å². The van der Waals surface area contributed by atoms with Crippen molar-refractivity contribution in [2.45, 2.75) is 20.3 Å². The van der Waals surface area contributed by atoms with E-state index in [1.165, 1.54) is 12.5 Å². The second-order valence-corrected chi connectivity index (χ2v) is 4.15. The van der Waals surface area contributed by atoms with Crippen LogP contribution in [0, 0.1) is 5.92 Å². The third-order valence-corrected chi connectivity index (χ3v) is 2.27. The van der Waals surface area contributed by atoms with Gasteiger partial charge >= 0.3 is 5.97 Å². The van der Waals surface area contributed by atoms with Crippen molar-refractivity contribution in [1.82, 2.24) is 0 Å². The maximum Gasteiger partial charge on any atom is 0.328 e. The van der Waals surface area contributed by atoms with Gasteiger partial charge in [-0.1, -0.05) is 19.9 Å². The third-order valence-electron chi connectivity index (χ3n) is 1.31. The lowest BCUT2D eigenvalue weighted by Crippen LogP contribution is -1.90. The average Bonchev–Trinajstić information content (AvgIpc) is 1.95. The van der Waals surface area contributed by atoms with Gasteiger partial charge in [-0.15, -0.1) is 0 Å². The van der Waals surface area contributed by atoms with E-state index < -0.39 is 5.97 Å².